The Morgan fingerprint density at radius 2 is 1.84 bits per heavy atom. The van der Waals surface area contributed by atoms with Gasteiger partial charge >= 0.3 is 0 Å². The van der Waals surface area contributed by atoms with Gasteiger partial charge in [-0.25, -0.2) is 4.39 Å². The molecule has 0 aromatic heterocycles. The van der Waals surface area contributed by atoms with Crippen LogP contribution in [0.25, 0.3) is 0 Å². The van der Waals surface area contributed by atoms with Crippen molar-refractivity contribution in [3.8, 4) is 0 Å². The van der Waals surface area contributed by atoms with Crippen molar-refractivity contribution in [3.05, 3.63) is 58.9 Å². The molecule has 4 heteroatoms. The summed E-state index contributed by atoms with van der Waals surface area (Å²) in [7, 11) is 1.86. The van der Waals surface area contributed by atoms with Gasteiger partial charge in [0.2, 0.25) is 0 Å². The zero-order valence-corrected chi connectivity index (χ0v) is 12.4. The van der Waals surface area contributed by atoms with Crippen LogP contribution in [0.4, 0.5) is 4.39 Å². The van der Waals surface area contributed by atoms with E-state index in [-0.39, 0.29) is 11.9 Å². The van der Waals surface area contributed by atoms with Crippen LogP contribution in [-0.4, -0.2) is 7.05 Å². The number of hydrogen-bond acceptors (Lipinski definition) is 2. The number of benzene rings is 2. The molecule has 0 aliphatic carbocycles. The van der Waals surface area contributed by atoms with Crippen LogP contribution in [0.5, 0.6) is 0 Å². The molecule has 0 saturated carbocycles. The lowest BCUT2D eigenvalue weighted by Crippen LogP contribution is -2.12. The first-order valence-electron chi connectivity index (χ1n) is 6.00. The maximum Gasteiger partial charge on any atom is 0.137 e. The second kappa shape index (κ2) is 6.42. The maximum atomic E-state index is 14.0. The lowest BCUT2D eigenvalue weighted by atomic mass is 10.1. The van der Waals surface area contributed by atoms with Crippen LogP contribution in [0.3, 0.4) is 0 Å². The van der Waals surface area contributed by atoms with Gasteiger partial charge in [0.05, 0.1) is 0 Å². The molecule has 1 atom stereocenters. The predicted octanol–water partition coefficient (Wildman–Crippen LogP) is 4.91. The lowest BCUT2D eigenvalue weighted by Gasteiger charge is -2.12. The van der Waals surface area contributed by atoms with Gasteiger partial charge in [0, 0.05) is 20.9 Å². The molecule has 0 aliphatic heterocycles. The van der Waals surface area contributed by atoms with Crippen molar-refractivity contribution in [1.29, 1.82) is 0 Å². The van der Waals surface area contributed by atoms with E-state index in [1.165, 1.54) is 11.8 Å². The molecule has 2 aromatic rings. The van der Waals surface area contributed by atoms with Crippen molar-refractivity contribution in [2.75, 3.05) is 7.05 Å². The van der Waals surface area contributed by atoms with E-state index in [1.54, 1.807) is 18.2 Å². The van der Waals surface area contributed by atoms with E-state index < -0.39 is 0 Å². The third kappa shape index (κ3) is 3.72. The first kappa shape index (κ1) is 14.4. The predicted molar refractivity (Wildman–Crippen MR) is 79.4 cm³/mol. The summed E-state index contributed by atoms with van der Waals surface area (Å²) in [4.78, 5) is 1.59. The minimum absolute atomic E-state index is 0.143. The fraction of sp³-hybridized carbons (Fsp3) is 0.200. The largest absolute Gasteiger partial charge is 0.313 e. The summed E-state index contributed by atoms with van der Waals surface area (Å²) < 4.78 is 14.0. The van der Waals surface area contributed by atoms with Gasteiger partial charge in [0.15, 0.2) is 0 Å². The highest BCUT2D eigenvalue weighted by Crippen LogP contribution is 2.31. The Morgan fingerprint density at radius 1 is 1.16 bits per heavy atom. The van der Waals surface area contributed by atoms with E-state index in [4.69, 9.17) is 11.6 Å². The molecule has 0 heterocycles. The van der Waals surface area contributed by atoms with Crippen molar-refractivity contribution in [2.24, 2.45) is 0 Å². The average Bonchev–Trinajstić information content (AvgIpc) is 2.42. The molecule has 2 rings (SSSR count). The van der Waals surface area contributed by atoms with Crippen LogP contribution in [-0.2, 0) is 0 Å². The zero-order chi connectivity index (χ0) is 13.8. The van der Waals surface area contributed by atoms with E-state index >= 15 is 0 Å². The van der Waals surface area contributed by atoms with Crippen LogP contribution >= 0.6 is 23.4 Å². The van der Waals surface area contributed by atoms with Gasteiger partial charge in [0.25, 0.3) is 0 Å². The van der Waals surface area contributed by atoms with Gasteiger partial charge in [-0.3, -0.25) is 0 Å². The highest BCUT2D eigenvalue weighted by atomic mass is 35.5. The Kier molecular flexibility index (Phi) is 4.86. The molecule has 0 fully saturated rings. The molecule has 19 heavy (non-hydrogen) atoms. The summed E-state index contributed by atoms with van der Waals surface area (Å²) in [5, 5.41) is 3.78. The molecule has 0 amide bonds. The van der Waals surface area contributed by atoms with E-state index in [0.717, 1.165) is 10.5 Å². The van der Waals surface area contributed by atoms with Gasteiger partial charge in [-0.05, 0) is 55.9 Å². The molecular formula is C15H15ClFNS. The van der Waals surface area contributed by atoms with Crippen LogP contribution < -0.4 is 5.32 Å². The Morgan fingerprint density at radius 3 is 2.42 bits per heavy atom. The molecule has 0 radical (unpaired) electrons. The van der Waals surface area contributed by atoms with Crippen molar-refractivity contribution in [1.82, 2.24) is 5.32 Å². The first-order chi connectivity index (χ1) is 9.10. The third-order valence-corrected chi connectivity index (χ3v) is 4.24. The molecular weight excluding hydrogens is 281 g/mol. The van der Waals surface area contributed by atoms with Crippen LogP contribution in [0.2, 0.25) is 5.02 Å². The molecule has 0 bridgehead atoms. The normalized spacial score (nSPS) is 12.4. The van der Waals surface area contributed by atoms with Crippen molar-refractivity contribution >= 4 is 23.4 Å². The minimum Gasteiger partial charge on any atom is -0.313 e. The molecule has 1 unspecified atom stereocenters. The Hall–Kier alpha value is -1.03. The third-order valence-electron chi connectivity index (χ3n) is 2.93. The summed E-state index contributed by atoms with van der Waals surface area (Å²) in [6.07, 6.45) is 0. The van der Waals surface area contributed by atoms with E-state index in [1.807, 2.05) is 38.2 Å². The van der Waals surface area contributed by atoms with Gasteiger partial charge in [-0.2, -0.15) is 0 Å². The topological polar surface area (TPSA) is 12.0 Å². The summed E-state index contributed by atoms with van der Waals surface area (Å²) in [6.45, 7) is 2.00. The minimum atomic E-state index is -0.195. The van der Waals surface area contributed by atoms with Crippen molar-refractivity contribution < 1.29 is 4.39 Å². The van der Waals surface area contributed by atoms with Crippen molar-refractivity contribution in [3.63, 3.8) is 0 Å². The summed E-state index contributed by atoms with van der Waals surface area (Å²) in [5.74, 6) is -0.195. The molecule has 1 N–H and O–H groups in total. The quantitative estimate of drug-likeness (QED) is 0.860. The van der Waals surface area contributed by atoms with E-state index in [0.29, 0.717) is 9.92 Å². The molecule has 100 valence electrons. The van der Waals surface area contributed by atoms with E-state index in [2.05, 4.69) is 5.32 Å². The smallest absolute Gasteiger partial charge is 0.137 e. The second-order valence-electron chi connectivity index (χ2n) is 4.26. The Labute approximate surface area is 122 Å². The van der Waals surface area contributed by atoms with Crippen molar-refractivity contribution in [2.45, 2.75) is 22.8 Å². The Bertz CT molecular complexity index is 557. The fourth-order valence-electron chi connectivity index (χ4n) is 1.67. The summed E-state index contributed by atoms with van der Waals surface area (Å²) >= 11 is 7.22. The highest BCUT2D eigenvalue weighted by molar-refractivity contribution is 7.99. The maximum absolute atomic E-state index is 14.0. The lowest BCUT2D eigenvalue weighted by molar-refractivity contribution is 0.587. The van der Waals surface area contributed by atoms with Gasteiger partial charge in [0.1, 0.15) is 5.82 Å². The fourth-order valence-corrected chi connectivity index (χ4v) is 2.61. The number of rotatable bonds is 4. The molecule has 0 spiro atoms. The standard InChI is InChI=1S/C15H15ClFNS/c1-10(18-2)11-3-8-15(14(17)9-11)19-13-6-4-12(16)5-7-13/h3-10,18H,1-2H3. The van der Waals surface area contributed by atoms with Gasteiger partial charge in [-0.1, -0.05) is 29.4 Å². The van der Waals surface area contributed by atoms with E-state index in [9.17, 15) is 4.39 Å². The van der Waals surface area contributed by atoms with Crippen LogP contribution in [0.15, 0.2) is 52.3 Å². The van der Waals surface area contributed by atoms with Crippen LogP contribution in [0, 0.1) is 5.82 Å². The number of nitrogens with one attached hydrogen (secondary N) is 1. The molecule has 0 saturated heterocycles. The van der Waals surface area contributed by atoms with Crippen LogP contribution in [0.1, 0.15) is 18.5 Å². The molecule has 2 aromatic carbocycles. The van der Waals surface area contributed by atoms with Gasteiger partial charge < -0.3 is 5.32 Å². The Balaban J connectivity index is 2.19. The summed E-state index contributed by atoms with van der Waals surface area (Å²) in [5.41, 5.74) is 0.945. The highest BCUT2D eigenvalue weighted by Gasteiger charge is 2.09. The molecule has 0 aliphatic rings. The summed E-state index contributed by atoms with van der Waals surface area (Å²) in [6, 6.07) is 12.9. The molecule has 1 nitrogen and oxygen atoms in total. The zero-order valence-electron chi connectivity index (χ0n) is 10.8. The SMILES string of the molecule is CNC(C)c1ccc(Sc2ccc(Cl)cc2)c(F)c1. The van der Waals surface area contributed by atoms with Gasteiger partial charge in [-0.15, -0.1) is 0 Å². The second-order valence-corrected chi connectivity index (χ2v) is 5.81. The first-order valence-corrected chi connectivity index (χ1v) is 7.19. The number of hydrogen-bond donors (Lipinski definition) is 1. The average molecular weight is 296 g/mol. The number of halogens is 2. The monoisotopic (exact) mass is 295 g/mol.